The van der Waals surface area contributed by atoms with Crippen molar-refractivity contribution >= 4 is 29.0 Å². The summed E-state index contributed by atoms with van der Waals surface area (Å²) in [6, 6.07) is 2.04. The lowest BCUT2D eigenvalue weighted by atomic mass is 9.89. The Morgan fingerprint density at radius 3 is 2.91 bits per heavy atom. The van der Waals surface area contributed by atoms with E-state index in [0.29, 0.717) is 5.92 Å². The van der Waals surface area contributed by atoms with Crippen LogP contribution in [0.1, 0.15) is 49.5 Å². The molecule has 3 aromatic rings. The molecule has 5 nitrogen and oxygen atoms in total. The van der Waals surface area contributed by atoms with Gasteiger partial charge in [0.15, 0.2) is 5.65 Å². The molecule has 0 spiro atoms. The van der Waals surface area contributed by atoms with Gasteiger partial charge in [-0.15, -0.1) is 0 Å². The van der Waals surface area contributed by atoms with Crippen molar-refractivity contribution in [3.63, 3.8) is 0 Å². The zero-order valence-electron chi connectivity index (χ0n) is 12.3. The minimum Gasteiger partial charge on any atom is -0.345 e. The van der Waals surface area contributed by atoms with Gasteiger partial charge < -0.3 is 4.98 Å². The van der Waals surface area contributed by atoms with Gasteiger partial charge in [-0.3, -0.25) is 9.20 Å². The lowest BCUT2D eigenvalue weighted by Gasteiger charge is -2.20. The molecule has 0 atom stereocenters. The molecule has 0 unspecified atom stereocenters. The van der Waals surface area contributed by atoms with Gasteiger partial charge in [0, 0.05) is 12.1 Å². The van der Waals surface area contributed by atoms with Crippen molar-refractivity contribution in [1.82, 2.24) is 19.4 Å². The predicted molar refractivity (Wildman–Crippen MR) is 85.8 cm³/mol. The number of nitrogens with one attached hydrogen (secondary N) is 1. The number of allylic oxidation sites excluding steroid dienone is 1. The number of fused-ring (bicyclic) bond motifs is 3. The number of aldehydes is 1. The smallest absolute Gasteiger partial charge is 0.154 e. The molecule has 3 heterocycles. The average Bonchev–Trinajstić information content (AvgIpc) is 3.17. The van der Waals surface area contributed by atoms with Crippen LogP contribution in [0.3, 0.4) is 0 Å². The highest BCUT2D eigenvalue weighted by atomic mass is 16.1. The third-order valence-corrected chi connectivity index (χ3v) is 4.53. The van der Waals surface area contributed by atoms with Crippen LogP contribution in [0, 0.1) is 0 Å². The highest BCUT2D eigenvalue weighted by Crippen LogP contribution is 2.34. The fourth-order valence-electron chi connectivity index (χ4n) is 3.50. The second kappa shape index (κ2) is 5.40. The van der Waals surface area contributed by atoms with Gasteiger partial charge in [0.2, 0.25) is 0 Å². The first-order valence-electron chi connectivity index (χ1n) is 7.85. The molecule has 3 aromatic heterocycles. The topological polar surface area (TPSA) is 63.1 Å². The molecule has 0 radical (unpaired) electrons. The second-order valence-electron chi connectivity index (χ2n) is 5.88. The van der Waals surface area contributed by atoms with Crippen LogP contribution in [-0.2, 0) is 4.79 Å². The molecule has 1 aliphatic carbocycles. The summed E-state index contributed by atoms with van der Waals surface area (Å²) >= 11 is 0. The van der Waals surface area contributed by atoms with E-state index in [1.54, 1.807) is 6.08 Å². The Hall–Kier alpha value is -2.43. The van der Waals surface area contributed by atoms with Crippen LogP contribution in [0.2, 0.25) is 0 Å². The van der Waals surface area contributed by atoms with E-state index in [4.69, 9.17) is 4.98 Å². The summed E-state index contributed by atoms with van der Waals surface area (Å²) in [4.78, 5) is 23.1. The molecule has 0 aliphatic heterocycles. The number of aromatic amines is 1. The molecule has 1 aliphatic rings. The molecule has 0 saturated heterocycles. The Balaban J connectivity index is 1.98. The number of carbonyl (C=O) groups excluding carboxylic acids is 1. The number of hydrogen-bond donors (Lipinski definition) is 1. The predicted octanol–water partition coefficient (Wildman–Crippen LogP) is 3.47. The largest absolute Gasteiger partial charge is 0.345 e. The quantitative estimate of drug-likeness (QED) is 0.594. The van der Waals surface area contributed by atoms with Crippen LogP contribution >= 0.6 is 0 Å². The van der Waals surface area contributed by atoms with E-state index in [-0.39, 0.29) is 0 Å². The average molecular weight is 294 g/mol. The Labute approximate surface area is 128 Å². The van der Waals surface area contributed by atoms with E-state index in [1.165, 1.54) is 38.2 Å². The highest BCUT2D eigenvalue weighted by molar-refractivity contribution is 5.82. The maximum Gasteiger partial charge on any atom is 0.154 e. The van der Waals surface area contributed by atoms with E-state index in [1.807, 2.05) is 18.5 Å². The van der Waals surface area contributed by atoms with Crippen molar-refractivity contribution in [2.45, 2.75) is 38.0 Å². The summed E-state index contributed by atoms with van der Waals surface area (Å²) in [6.45, 7) is 0. The van der Waals surface area contributed by atoms with E-state index < -0.39 is 0 Å². The standard InChI is InChI=1S/C17H18N4O/c22-10-4-7-13-15-11-19-16-14(8-9-18-16)21(15)17(20-13)12-5-2-1-3-6-12/h4,7-12,18H,1-3,5-6H2/b7-4+. The molecule has 1 saturated carbocycles. The van der Waals surface area contributed by atoms with Crippen LogP contribution in [0.15, 0.2) is 24.5 Å². The van der Waals surface area contributed by atoms with Gasteiger partial charge in [-0.25, -0.2) is 9.97 Å². The summed E-state index contributed by atoms with van der Waals surface area (Å²) < 4.78 is 2.21. The van der Waals surface area contributed by atoms with Crippen molar-refractivity contribution in [2.75, 3.05) is 0 Å². The number of carbonyl (C=O) groups is 1. The molecule has 0 bridgehead atoms. The van der Waals surface area contributed by atoms with Crippen molar-refractivity contribution in [3.05, 3.63) is 36.1 Å². The molecule has 0 amide bonds. The number of nitrogens with zero attached hydrogens (tertiary/aromatic N) is 3. The van der Waals surface area contributed by atoms with Crippen molar-refractivity contribution in [3.8, 4) is 0 Å². The van der Waals surface area contributed by atoms with Gasteiger partial charge in [0.1, 0.15) is 12.1 Å². The molecule has 0 aromatic carbocycles. The normalized spacial score (nSPS) is 16.9. The molecule has 5 heteroatoms. The first-order chi connectivity index (χ1) is 10.9. The highest BCUT2D eigenvalue weighted by Gasteiger charge is 2.23. The number of aromatic nitrogens is 4. The van der Waals surface area contributed by atoms with E-state index in [9.17, 15) is 4.79 Å². The maximum atomic E-state index is 10.7. The van der Waals surface area contributed by atoms with Gasteiger partial charge in [0.05, 0.1) is 22.9 Å². The Morgan fingerprint density at radius 1 is 1.23 bits per heavy atom. The number of H-pyrrole nitrogens is 1. The molecular formula is C17H18N4O. The summed E-state index contributed by atoms with van der Waals surface area (Å²) in [6.07, 6.45) is 14.0. The van der Waals surface area contributed by atoms with E-state index in [2.05, 4.69) is 14.4 Å². The van der Waals surface area contributed by atoms with Crippen LogP contribution in [0.25, 0.3) is 22.8 Å². The molecular weight excluding hydrogens is 276 g/mol. The number of rotatable bonds is 3. The van der Waals surface area contributed by atoms with Crippen LogP contribution in [-0.4, -0.2) is 25.6 Å². The van der Waals surface area contributed by atoms with E-state index >= 15 is 0 Å². The summed E-state index contributed by atoms with van der Waals surface area (Å²) in [5.74, 6) is 1.59. The Morgan fingerprint density at radius 2 is 2.09 bits per heavy atom. The first kappa shape index (κ1) is 13.2. The van der Waals surface area contributed by atoms with Crippen molar-refractivity contribution in [1.29, 1.82) is 0 Å². The fraction of sp³-hybridized carbons (Fsp3) is 0.353. The molecule has 1 fully saturated rings. The van der Waals surface area contributed by atoms with Crippen molar-refractivity contribution in [2.24, 2.45) is 0 Å². The minimum atomic E-state index is 0.486. The van der Waals surface area contributed by atoms with Gasteiger partial charge >= 0.3 is 0 Å². The third kappa shape index (κ3) is 2.04. The third-order valence-electron chi connectivity index (χ3n) is 4.53. The van der Waals surface area contributed by atoms with Gasteiger partial charge in [-0.05, 0) is 31.1 Å². The SMILES string of the molecule is O=C/C=C/c1nc(C2CCCCC2)n2c1cnc1[nH]ccc12. The van der Waals surface area contributed by atoms with Gasteiger partial charge in [-0.1, -0.05) is 19.3 Å². The Bertz CT molecular complexity index is 852. The lowest BCUT2D eigenvalue weighted by Crippen LogP contribution is -2.09. The van der Waals surface area contributed by atoms with Crippen LogP contribution in [0.5, 0.6) is 0 Å². The molecule has 4 rings (SSSR count). The maximum absolute atomic E-state index is 10.7. The summed E-state index contributed by atoms with van der Waals surface area (Å²) in [5, 5.41) is 0. The van der Waals surface area contributed by atoms with Crippen molar-refractivity contribution < 1.29 is 4.79 Å². The lowest BCUT2D eigenvalue weighted by molar-refractivity contribution is -0.104. The van der Waals surface area contributed by atoms with Crippen LogP contribution in [0.4, 0.5) is 0 Å². The molecule has 112 valence electrons. The fourth-order valence-corrected chi connectivity index (χ4v) is 3.50. The monoisotopic (exact) mass is 294 g/mol. The zero-order valence-corrected chi connectivity index (χ0v) is 12.3. The van der Waals surface area contributed by atoms with Gasteiger partial charge in [-0.2, -0.15) is 0 Å². The summed E-state index contributed by atoms with van der Waals surface area (Å²) in [7, 11) is 0. The second-order valence-corrected chi connectivity index (χ2v) is 5.88. The van der Waals surface area contributed by atoms with E-state index in [0.717, 1.165) is 34.5 Å². The summed E-state index contributed by atoms with van der Waals surface area (Å²) in [5.41, 5.74) is 3.71. The number of hydrogen-bond acceptors (Lipinski definition) is 3. The number of imidazole rings is 1. The molecule has 22 heavy (non-hydrogen) atoms. The molecule has 1 N–H and O–H groups in total. The zero-order chi connectivity index (χ0) is 14.9. The minimum absolute atomic E-state index is 0.486. The Kier molecular flexibility index (Phi) is 3.25. The van der Waals surface area contributed by atoms with Crippen LogP contribution < -0.4 is 0 Å². The van der Waals surface area contributed by atoms with Gasteiger partial charge in [0.25, 0.3) is 0 Å². The first-order valence-corrected chi connectivity index (χ1v) is 7.85.